The fourth-order valence-electron chi connectivity index (χ4n) is 3.72. The van der Waals surface area contributed by atoms with Crippen LogP contribution in [0.25, 0.3) is 0 Å². The lowest BCUT2D eigenvalue weighted by atomic mass is 10.1. The van der Waals surface area contributed by atoms with Crippen molar-refractivity contribution in [2.24, 2.45) is 0 Å². The molecule has 31 heavy (non-hydrogen) atoms. The molecular weight excluding hydrogens is 455 g/mol. The molecule has 0 aromatic heterocycles. The SMILES string of the molecule is C=CCN(c1ccc(Cl)cc1)S(=O)(=O)c1cc(C(=O)NC2CCCCCC2)ccc1Cl. The Morgan fingerprint density at radius 3 is 2.32 bits per heavy atom. The third-order valence-corrected chi connectivity index (χ3v) is 7.89. The van der Waals surface area contributed by atoms with Gasteiger partial charge in [-0.1, -0.05) is 55.0 Å². The Morgan fingerprint density at radius 2 is 1.71 bits per heavy atom. The number of amides is 1. The number of halogens is 2. The summed E-state index contributed by atoms with van der Waals surface area (Å²) in [6.07, 6.45) is 7.90. The number of hydrogen-bond donors (Lipinski definition) is 1. The fourth-order valence-corrected chi connectivity index (χ4v) is 5.79. The van der Waals surface area contributed by atoms with Crippen molar-refractivity contribution in [1.29, 1.82) is 0 Å². The van der Waals surface area contributed by atoms with E-state index in [1.807, 2.05) is 0 Å². The van der Waals surface area contributed by atoms with Crippen LogP contribution < -0.4 is 9.62 Å². The van der Waals surface area contributed by atoms with Crippen molar-refractivity contribution in [3.63, 3.8) is 0 Å². The summed E-state index contributed by atoms with van der Waals surface area (Å²) in [5, 5.41) is 3.59. The van der Waals surface area contributed by atoms with Crippen molar-refractivity contribution in [1.82, 2.24) is 5.32 Å². The van der Waals surface area contributed by atoms with E-state index >= 15 is 0 Å². The Kier molecular flexibility index (Phi) is 8.03. The van der Waals surface area contributed by atoms with Crippen LogP contribution in [-0.2, 0) is 10.0 Å². The average Bonchev–Trinajstić information content (AvgIpc) is 3.01. The van der Waals surface area contributed by atoms with Crippen molar-refractivity contribution in [2.45, 2.75) is 49.5 Å². The highest BCUT2D eigenvalue weighted by Gasteiger charge is 2.28. The van der Waals surface area contributed by atoms with Gasteiger partial charge in [0.15, 0.2) is 0 Å². The van der Waals surface area contributed by atoms with E-state index in [2.05, 4.69) is 11.9 Å². The number of nitrogens with one attached hydrogen (secondary N) is 1. The Balaban J connectivity index is 1.91. The summed E-state index contributed by atoms with van der Waals surface area (Å²) in [6.45, 7) is 3.70. The smallest absolute Gasteiger partial charge is 0.266 e. The standard InChI is InChI=1S/C23H26Cl2N2O3S/c1-2-15-27(20-12-10-18(24)11-13-20)31(29,30)22-16-17(9-14-21(22)25)23(28)26-19-7-5-3-4-6-8-19/h2,9-14,16,19H,1,3-8,15H2,(H,26,28). The molecule has 2 aromatic carbocycles. The predicted molar refractivity (Wildman–Crippen MR) is 127 cm³/mol. The fraction of sp³-hybridized carbons (Fsp3) is 0.348. The molecule has 1 aliphatic carbocycles. The van der Waals surface area contributed by atoms with Gasteiger partial charge in [-0.05, 0) is 55.3 Å². The minimum atomic E-state index is -4.05. The zero-order chi connectivity index (χ0) is 22.4. The number of anilines is 1. The van der Waals surface area contributed by atoms with Gasteiger partial charge in [0.2, 0.25) is 0 Å². The van der Waals surface area contributed by atoms with Crippen molar-refractivity contribution >= 4 is 44.8 Å². The highest BCUT2D eigenvalue weighted by Crippen LogP contribution is 2.30. The van der Waals surface area contributed by atoms with Gasteiger partial charge in [0, 0.05) is 16.6 Å². The number of carbonyl (C=O) groups is 1. The van der Waals surface area contributed by atoms with Gasteiger partial charge in [-0.15, -0.1) is 6.58 Å². The van der Waals surface area contributed by atoms with Crippen LogP contribution in [0.1, 0.15) is 48.9 Å². The lowest BCUT2D eigenvalue weighted by Gasteiger charge is -2.24. The molecule has 1 amide bonds. The normalized spacial score (nSPS) is 15.2. The maximum atomic E-state index is 13.5. The maximum Gasteiger partial charge on any atom is 0.266 e. The highest BCUT2D eigenvalue weighted by atomic mass is 35.5. The van der Waals surface area contributed by atoms with E-state index in [0.717, 1.165) is 25.7 Å². The molecule has 0 atom stereocenters. The molecule has 0 heterocycles. The van der Waals surface area contributed by atoms with Gasteiger partial charge < -0.3 is 5.32 Å². The molecule has 0 unspecified atom stereocenters. The van der Waals surface area contributed by atoms with Gasteiger partial charge in [-0.25, -0.2) is 8.42 Å². The second-order valence-corrected chi connectivity index (χ2v) is 10.3. The minimum absolute atomic E-state index is 0.0405. The molecule has 2 aromatic rings. The quantitative estimate of drug-likeness (QED) is 0.400. The predicted octanol–water partition coefficient (Wildman–Crippen LogP) is 5.83. The molecule has 5 nitrogen and oxygen atoms in total. The van der Waals surface area contributed by atoms with Crippen LogP contribution in [0.2, 0.25) is 10.0 Å². The summed E-state index contributed by atoms with van der Waals surface area (Å²) >= 11 is 12.2. The van der Waals surface area contributed by atoms with Crippen LogP contribution in [0.15, 0.2) is 60.0 Å². The largest absolute Gasteiger partial charge is 0.349 e. The molecule has 8 heteroatoms. The molecule has 166 valence electrons. The van der Waals surface area contributed by atoms with Gasteiger partial charge in [-0.2, -0.15) is 0 Å². The van der Waals surface area contributed by atoms with Crippen molar-refractivity contribution < 1.29 is 13.2 Å². The molecule has 1 N–H and O–H groups in total. The minimum Gasteiger partial charge on any atom is -0.349 e. The Hall–Kier alpha value is -2.02. The summed E-state index contributed by atoms with van der Waals surface area (Å²) in [5.74, 6) is -0.290. The first-order valence-corrected chi connectivity index (χ1v) is 12.5. The summed E-state index contributed by atoms with van der Waals surface area (Å²) < 4.78 is 28.1. The first kappa shape index (κ1) is 23.6. The van der Waals surface area contributed by atoms with E-state index in [4.69, 9.17) is 23.2 Å². The van der Waals surface area contributed by atoms with E-state index in [0.29, 0.717) is 10.7 Å². The Labute approximate surface area is 194 Å². The van der Waals surface area contributed by atoms with Crippen molar-refractivity contribution in [3.05, 3.63) is 70.7 Å². The first-order chi connectivity index (χ1) is 14.8. The van der Waals surface area contributed by atoms with Crippen LogP contribution >= 0.6 is 23.2 Å². The molecule has 0 spiro atoms. The lowest BCUT2D eigenvalue weighted by molar-refractivity contribution is 0.0933. The van der Waals surface area contributed by atoms with Crippen LogP contribution in [-0.4, -0.2) is 26.9 Å². The van der Waals surface area contributed by atoms with Crippen LogP contribution in [0.4, 0.5) is 5.69 Å². The second kappa shape index (κ2) is 10.5. The first-order valence-electron chi connectivity index (χ1n) is 10.3. The Bertz CT molecular complexity index is 1030. The molecule has 0 radical (unpaired) electrons. The van der Waals surface area contributed by atoms with Crippen molar-refractivity contribution in [2.75, 3.05) is 10.8 Å². The van der Waals surface area contributed by atoms with Crippen LogP contribution in [0, 0.1) is 0 Å². The summed E-state index contributed by atoms with van der Waals surface area (Å²) in [6, 6.07) is 10.9. The number of sulfonamides is 1. The maximum absolute atomic E-state index is 13.5. The molecule has 1 saturated carbocycles. The number of rotatable bonds is 7. The zero-order valence-electron chi connectivity index (χ0n) is 17.2. The summed E-state index contributed by atoms with van der Waals surface area (Å²) in [7, 11) is -4.05. The molecule has 1 fully saturated rings. The van der Waals surface area contributed by atoms with Crippen LogP contribution in [0.3, 0.4) is 0 Å². The van der Waals surface area contributed by atoms with Crippen LogP contribution in [0.5, 0.6) is 0 Å². The number of nitrogens with zero attached hydrogens (tertiary/aromatic N) is 1. The topological polar surface area (TPSA) is 66.5 Å². The second-order valence-electron chi connectivity index (χ2n) is 7.61. The van der Waals surface area contributed by atoms with E-state index in [-0.39, 0.29) is 34.0 Å². The number of carbonyl (C=O) groups excluding carboxylic acids is 1. The third kappa shape index (κ3) is 5.82. The van der Waals surface area contributed by atoms with Gasteiger partial charge in [0.25, 0.3) is 15.9 Å². The third-order valence-electron chi connectivity index (χ3n) is 5.36. The van der Waals surface area contributed by atoms with E-state index < -0.39 is 10.0 Å². The van der Waals surface area contributed by atoms with Gasteiger partial charge >= 0.3 is 0 Å². The number of hydrogen-bond acceptors (Lipinski definition) is 3. The molecule has 0 bridgehead atoms. The summed E-state index contributed by atoms with van der Waals surface area (Å²) in [5.41, 5.74) is 0.690. The van der Waals surface area contributed by atoms with Crippen molar-refractivity contribution in [3.8, 4) is 0 Å². The van der Waals surface area contributed by atoms with E-state index in [1.54, 1.807) is 30.3 Å². The zero-order valence-corrected chi connectivity index (χ0v) is 19.5. The lowest BCUT2D eigenvalue weighted by Crippen LogP contribution is -2.35. The van der Waals surface area contributed by atoms with Gasteiger partial charge in [0.1, 0.15) is 4.90 Å². The van der Waals surface area contributed by atoms with Gasteiger partial charge in [0.05, 0.1) is 17.3 Å². The molecule has 0 saturated heterocycles. The molecule has 1 aliphatic rings. The molecule has 0 aliphatic heterocycles. The number of benzene rings is 2. The van der Waals surface area contributed by atoms with E-state index in [1.165, 1.54) is 35.4 Å². The average molecular weight is 481 g/mol. The van der Waals surface area contributed by atoms with Gasteiger partial charge in [-0.3, -0.25) is 9.10 Å². The molecular formula is C23H26Cl2N2O3S. The summed E-state index contributed by atoms with van der Waals surface area (Å²) in [4.78, 5) is 12.7. The monoisotopic (exact) mass is 480 g/mol. The van der Waals surface area contributed by atoms with E-state index in [9.17, 15) is 13.2 Å². The molecule has 3 rings (SSSR count). The Morgan fingerprint density at radius 1 is 1.06 bits per heavy atom. The highest BCUT2D eigenvalue weighted by molar-refractivity contribution is 7.93.